The molecule has 0 spiro atoms. The van der Waals surface area contributed by atoms with Crippen molar-refractivity contribution in [3.63, 3.8) is 0 Å². The summed E-state index contributed by atoms with van der Waals surface area (Å²) in [4.78, 5) is 14.0. The van der Waals surface area contributed by atoms with Crippen LogP contribution in [0.5, 0.6) is 0 Å². The highest BCUT2D eigenvalue weighted by Gasteiger charge is 2.39. The van der Waals surface area contributed by atoms with Crippen molar-refractivity contribution >= 4 is 29.1 Å². The number of hydrogen-bond acceptors (Lipinski definition) is 3. The van der Waals surface area contributed by atoms with Gasteiger partial charge < -0.3 is 4.90 Å². The summed E-state index contributed by atoms with van der Waals surface area (Å²) < 4.78 is 41.5. The minimum atomic E-state index is -4.69. The Balaban J connectivity index is 2.22. The first-order chi connectivity index (χ1) is 12.0. The third-order valence-electron chi connectivity index (χ3n) is 3.94. The summed E-state index contributed by atoms with van der Waals surface area (Å²) in [6, 6.07) is -0.972. The number of aromatic nitrogens is 4. The van der Waals surface area contributed by atoms with E-state index in [2.05, 4.69) is 10.2 Å². The van der Waals surface area contributed by atoms with E-state index in [4.69, 9.17) is 23.2 Å². The fourth-order valence-corrected chi connectivity index (χ4v) is 2.93. The first-order valence-corrected chi connectivity index (χ1v) is 8.51. The number of amides is 1. The second-order valence-corrected chi connectivity index (χ2v) is 6.63. The molecule has 2 rings (SSSR count). The Hall–Kier alpha value is -1.74. The molecule has 0 aliphatic carbocycles. The largest absolute Gasteiger partial charge is 0.436 e. The number of carbonyl (C=O) groups excluding carboxylic acids is 1. The van der Waals surface area contributed by atoms with E-state index in [-0.39, 0.29) is 12.2 Å². The number of hydrogen-bond donors (Lipinski definition) is 0. The molecule has 0 N–H and O–H groups in total. The Labute approximate surface area is 158 Å². The van der Waals surface area contributed by atoms with E-state index in [0.717, 1.165) is 4.68 Å². The summed E-state index contributed by atoms with van der Waals surface area (Å²) in [5.74, 6) is -0.442. The number of likely N-dealkylation sites (N-methyl/N-ethyl adjacent to an activating group) is 1. The van der Waals surface area contributed by atoms with Crippen molar-refractivity contribution in [3.8, 4) is 0 Å². The maximum Gasteiger partial charge on any atom is 0.436 e. The quantitative estimate of drug-likeness (QED) is 0.748. The fraction of sp³-hybridized carbons (Fsp3) is 0.533. The fourth-order valence-electron chi connectivity index (χ4n) is 2.49. The van der Waals surface area contributed by atoms with Crippen molar-refractivity contribution in [3.05, 3.63) is 33.3 Å². The van der Waals surface area contributed by atoms with Crippen LogP contribution in [0.3, 0.4) is 0 Å². The van der Waals surface area contributed by atoms with Gasteiger partial charge in [0.1, 0.15) is 11.7 Å². The molecule has 1 amide bonds. The first-order valence-electron chi connectivity index (χ1n) is 7.75. The molecule has 11 heteroatoms. The second-order valence-electron chi connectivity index (χ2n) is 5.84. The Morgan fingerprint density at radius 3 is 2.42 bits per heavy atom. The molecular formula is C15H18Cl2F3N5O. The third kappa shape index (κ3) is 3.98. The lowest BCUT2D eigenvalue weighted by molar-refractivity contribution is -0.142. The van der Waals surface area contributed by atoms with E-state index in [1.165, 1.54) is 25.8 Å². The van der Waals surface area contributed by atoms with Crippen LogP contribution in [0, 0.1) is 6.92 Å². The SMILES string of the molecule is CCn1cc(Cl)c(CN(C)C(=O)C(C)n2nc(C(F)(F)F)c(Cl)c2C)n1. The lowest BCUT2D eigenvalue weighted by Crippen LogP contribution is -2.34. The molecule has 2 aromatic heterocycles. The third-order valence-corrected chi connectivity index (χ3v) is 4.71. The van der Waals surface area contributed by atoms with Gasteiger partial charge in [0.15, 0.2) is 5.69 Å². The zero-order valence-corrected chi connectivity index (χ0v) is 16.1. The van der Waals surface area contributed by atoms with Crippen molar-refractivity contribution in [1.29, 1.82) is 0 Å². The number of rotatable bonds is 5. The molecule has 6 nitrogen and oxygen atoms in total. The summed E-state index contributed by atoms with van der Waals surface area (Å²) >= 11 is 11.8. The highest BCUT2D eigenvalue weighted by molar-refractivity contribution is 6.32. The minimum Gasteiger partial charge on any atom is -0.338 e. The van der Waals surface area contributed by atoms with E-state index in [1.807, 2.05) is 6.92 Å². The normalized spacial score (nSPS) is 13.1. The molecular weight excluding hydrogens is 394 g/mol. The van der Waals surface area contributed by atoms with Gasteiger partial charge in [0.2, 0.25) is 5.91 Å². The molecule has 0 fully saturated rings. The highest BCUT2D eigenvalue weighted by atomic mass is 35.5. The van der Waals surface area contributed by atoms with Crippen molar-refractivity contribution in [2.75, 3.05) is 7.05 Å². The number of nitrogens with zero attached hydrogens (tertiary/aromatic N) is 5. The molecule has 1 atom stereocenters. The van der Waals surface area contributed by atoms with E-state index in [0.29, 0.717) is 17.3 Å². The Morgan fingerprint density at radius 2 is 1.96 bits per heavy atom. The van der Waals surface area contributed by atoms with Crippen LogP contribution in [0.2, 0.25) is 10.0 Å². The van der Waals surface area contributed by atoms with Gasteiger partial charge in [0.05, 0.1) is 22.3 Å². The van der Waals surface area contributed by atoms with Crippen molar-refractivity contribution < 1.29 is 18.0 Å². The number of aryl methyl sites for hydroxylation is 1. The van der Waals surface area contributed by atoms with Crippen LogP contribution in [-0.2, 0) is 24.1 Å². The molecule has 0 bridgehead atoms. The van der Waals surface area contributed by atoms with Gasteiger partial charge in [0.25, 0.3) is 0 Å². The summed E-state index contributed by atoms with van der Waals surface area (Å²) in [6.07, 6.45) is -3.05. The Kier molecular flexibility index (Phi) is 5.92. The van der Waals surface area contributed by atoms with Gasteiger partial charge in [-0.1, -0.05) is 23.2 Å². The van der Waals surface area contributed by atoms with Crippen LogP contribution in [0.4, 0.5) is 13.2 Å². The summed E-state index contributed by atoms with van der Waals surface area (Å²) in [5.41, 5.74) is -0.631. The van der Waals surface area contributed by atoms with Gasteiger partial charge in [-0.05, 0) is 20.8 Å². The molecule has 0 saturated carbocycles. The van der Waals surface area contributed by atoms with Crippen LogP contribution < -0.4 is 0 Å². The van der Waals surface area contributed by atoms with Crippen LogP contribution in [0.25, 0.3) is 0 Å². The van der Waals surface area contributed by atoms with Gasteiger partial charge >= 0.3 is 6.18 Å². The van der Waals surface area contributed by atoms with E-state index < -0.39 is 28.8 Å². The summed E-state index contributed by atoms with van der Waals surface area (Å²) in [6.45, 7) is 5.48. The second kappa shape index (κ2) is 7.48. The Morgan fingerprint density at radius 1 is 1.35 bits per heavy atom. The van der Waals surface area contributed by atoms with Crippen molar-refractivity contribution in [1.82, 2.24) is 24.5 Å². The van der Waals surface area contributed by atoms with E-state index >= 15 is 0 Å². The highest BCUT2D eigenvalue weighted by Crippen LogP contribution is 2.36. The van der Waals surface area contributed by atoms with Crippen molar-refractivity contribution in [2.45, 2.75) is 46.1 Å². The minimum absolute atomic E-state index is 0.0709. The van der Waals surface area contributed by atoms with Gasteiger partial charge in [0, 0.05) is 19.8 Å². The molecule has 144 valence electrons. The van der Waals surface area contributed by atoms with Gasteiger partial charge in [-0.15, -0.1) is 0 Å². The maximum atomic E-state index is 13.0. The summed E-state index contributed by atoms with van der Waals surface area (Å²) in [7, 11) is 1.52. The molecule has 0 saturated heterocycles. The average molecular weight is 412 g/mol. The molecule has 0 radical (unpaired) electrons. The molecule has 2 aromatic rings. The molecule has 26 heavy (non-hydrogen) atoms. The van der Waals surface area contributed by atoms with Crippen LogP contribution in [-0.4, -0.2) is 37.4 Å². The molecule has 0 aliphatic heterocycles. The molecule has 0 aliphatic rings. The first kappa shape index (κ1) is 20.6. The zero-order valence-electron chi connectivity index (χ0n) is 14.6. The maximum absolute atomic E-state index is 13.0. The van der Waals surface area contributed by atoms with E-state index in [9.17, 15) is 18.0 Å². The predicted molar refractivity (Wildman–Crippen MR) is 91.1 cm³/mol. The number of alkyl halides is 3. The predicted octanol–water partition coefficient (Wildman–Crippen LogP) is 3.95. The summed E-state index contributed by atoms with van der Waals surface area (Å²) in [5, 5.41) is 7.65. The topological polar surface area (TPSA) is 56.0 Å². The van der Waals surface area contributed by atoms with Crippen LogP contribution in [0.1, 0.15) is 37.0 Å². The van der Waals surface area contributed by atoms with Gasteiger partial charge in [-0.25, -0.2) is 0 Å². The smallest absolute Gasteiger partial charge is 0.338 e. The molecule has 0 aromatic carbocycles. The van der Waals surface area contributed by atoms with Crippen LogP contribution >= 0.6 is 23.2 Å². The average Bonchev–Trinajstić information content (AvgIpc) is 3.06. The monoisotopic (exact) mass is 411 g/mol. The van der Waals surface area contributed by atoms with Gasteiger partial charge in [-0.3, -0.25) is 14.2 Å². The van der Waals surface area contributed by atoms with Gasteiger partial charge in [-0.2, -0.15) is 23.4 Å². The number of halogens is 5. The number of carbonyl (C=O) groups is 1. The lowest BCUT2D eigenvalue weighted by atomic mass is 10.2. The molecule has 2 heterocycles. The zero-order chi connectivity index (χ0) is 19.8. The Bertz CT molecular complexity index is 815. The van der Waals surface area contributed by atoms with Crippen molar-refractivity contribution in [2.24, 2.45) is 0 Å². The molecule has 1 unspecified atom stereocenters. The lowest BCUT2D eigenvalue weighted by Gasteiger charge is -2.22. The van der Waals surface area contributed by atoms with E-state index in [1.54, 1.807) is 10.9 Å². The van der Waals surface area contributed by atoms with Crippen LogP contribution in [0.15, 0.2) is 6.20 Å². The standard InChI is InChI=1S/C15H18Cl2F3N5O/c1-5-24-6-10(16)11(21-24)7-23(4)14(26)9(3)25-8(2)12(17)13(22-25)15(18,19)20/h6,9H,5,7H2,1-4H3.